The summed E-state index contributed by atoms with van der Waals surface area (Å²) in [6.07, 6.45) is 3.90. The maximum atomic E-state index is 12.5. The number of anilines is 1. The van der Waals surface area contributed by atoms with E-state index in [1.807, 2.05) is 42.2 Å². The number of hydrogen-bond acceptors (Lipinski definition) is 4. The number of aliphatic hydroxyl groups is 1. The summed E-state index contributed by atoms with van der Waals surface area (Å²) >= 11 is 0. The third-order valence-corrected chi connectivity index (χ3v) is 4.62. The van der Waals surface area contributed by atoms with Gasteiger partial charge < -0.3 is 14.9 Å². The van der Waals surface area contributed by atoms with Crippen molar-refractivity contribution in [2.45, 2.75) is 20.0 Å². The normalized spacial score (nSPS) is 14.8. The number of amides is 1. The lowest BCUT2D eigenvalue weighted by molar-refractivity contribution is -0.130. The van der Waals surface area contributed by atoms with Gasteiger partial charge in [-0.05, 0) is 24.1 Å². The second-order valence-corrected chi connectivity index (χ2v) is 6.13. The van der Waals surface area contributed by atoms with Crippen molar-refractivity contribution in [2.24, 2.45) is 0 Å². The molecule has 1 aromatic carbocycles. The second kappa shape index (κ2) is 7.45. The summed E-state index contributed by atoms with van der Waals surface area (Å²) in [5.74, 6) is 0.182. The van der Waals surface area contributed by atoms with E-state index in [1.165, 1.54) is 0 Å². The van der Waals surface area contributed by atoms with Crippen LogP contribution in [0.2, 0.25) is 0 Å². The number of rotatable bonds is 4. The van der Waals surface area contributed by atoms with Crippen molar-refractivity contribution in [1.82, 2.24) is 9.88 Å². The molecule has 0 spiro atoms. The molecule has 2 aromatic rings. The molecular formula is C19H23N3O2. The fourth-order valence-electron chi connectivity index (χ4n) is 3.13. The van der Waals surface area contributed by atoms with Gasteiger partial charge in [-0.2, -0.15) is 0 Å². The lowest BCUT2D eigenvalue weighted by Gasteiger charge is -2.37. The van der Waals surface area contributed by atoms with Gasteiger partial charge in [-0.25, -0.2) is 0 Å². The summed E-state index contributed by atoms with van der Waals surface area (Å²) in [6.45, 7) is 4.98. The van der Waals surface area contributed by atoms with E-state index in [4.69, 9.17) is 0 Å². The first kappa shape index (κ1) is 16.5. The molecule has 1 N–H and O–H groups in total. The molecule has 3 rings (SSSR count). The minimum absolute atomic E-state index is 0.0183. The molecule has 0 atom stereocenters. The number of carbonyl (C=O) groups excluding carboxylic acids is 1. The zero-order valence-electron chi connectivity index (χ0n) is 14.0. The number of benzene rings is 1. The molecule has 126 valence electrons. The van der Waals surface area contributed by atoms with Crippen LogP contribution in [0.3, 0.4) is 0 Å². The molecule has 5 nitrogen and oxygen atoms in total. The summed E-state index contributed by atoms with van der Waals surface area (Å²) in [6, 6.07) is 9.97. The summed E-state index contributed by atoms with van der Waals surface area (Å²) in [7, 11) is 0. The van der Waals surface area contributed by atoms with Gasteiger partial charge in [0.25, 0.3) is 0 Å². The van der Waals surface area contributed by atoms with Gasteiger partial charge in [0.2, 0.25) is 5.91 Å². The second-order valence-electron chi connectivity index (χ2n) is 6.13. The van der Waals surface area contributed by atoms with Gasteiger partial charge in [-0.1, -0.05) is 24.3 Å². The molecule has 1 saturated heterocycles. The monoisotopic (exact) mass is 325 g/mol. The number of hydrogen-bond donors (Lipinski definition) is 1. The Morgan fingerprint density at radius 3 is 2.58 bits per heavy atom. The van der Waals surface area contributed by atoms with Crippen LogP contribution < -0.4 is 4.90 Å². The minimum atomic E-state index is -0.0183. The number of pyridine rings is 1. The van der Waals surface area contributed by atoms with E-state index in [9.17, 15) is 9.90 Å². The van der Waals surface area contributed by atoms with Crippen molar-refractivity contribution < 1.29 is 9.90 Å². The van der Waals surface area contributed by atoms with Gasteiger partial charge in [0, 0.05) is 49.8 Å². The van der Waals surface area contributed by atoms with Crippen molar-refractivity contribution in [3.8, 4) is 0 Å². The van der Waals surface area contributed by atoms with Gasteiger partial charge in [0.05, 0.1) is 13.0 Å². The molecule has 1 aliphatic heterocycles. The molecule has 24 heavy (non-hydrogen) atoms. The quantitative estimate of drug-likeness (QED) is 0.931. The van der Waals surface area contributed by atoms with Crippen molar-refractivity contribution in [1.29, 1.82) is 0 Å². The molecule has 1 amide bonds. The highest BCUT2D eigenvalue weighted by atomic mass is 16.3. The van der Waals surface area contributed by atoms with Crippen molar-refractivity contribution in [3.05, 3.63) is 59.4 Å². The minimum Gasteiger partial charge on any atom is -0.392 e. The number of aliphatic hydroxyl groups excluding tert-OH is 1. The molecule has 1 aliphatic rings. The van der Waals surface area contributed by atoms with E-state index in [0.717, 1.165) is 35.5 Å². The van der Waals surface area contributed by atoms with Crippen LogP contribution in [0.15, 0.2) is 42.7 Å². The third kappa shape index (κ3) is 3.57. The molecule has 0 radical (unpaired) electrons. The number of aryl methyl sites for hydroxylation is 1. The Morgan fingerprint density at radius 2 is 1.88 bits per heavy atom. The highest BCUT2D eigenvalue weighted by Gasteiger charge is 2.22. The number of nitrogens with zero attached hydrogens (tertiary/aromatic N) is 3. The van der Waals surface area contributed by atoms with E-state index < -0.39 is 0 Å². The highest BCUT2D eigenvalue weighted by molar-refractivity contribution is 5.79. The van der Waals surface area contributed by atoms with Crippen LogP contribution in [-0.2, 0) is 17.8 Å². The SMILES string of the molecule is Cc1ccccc1CC(=O)N1CCN(c2ccncc2CO)CC1. The first-order valence-corrected chi connectivity index (χ1v) is 8.30. The van der Waals surface area contributed by atoms with E-state index in [2.05, 4.69) is 9.88 Å². The maximum Gasteiger partial charge on any atom is 0.227 e. The number of aromatic nitrogens is 1. The Hall–Kier alpha value is -2.40. The molecule has 5 heteroatoms. The van der Waals surface area contributed by atoms with E-state index in [1.54, 1.807) is 12.4 Å². The molecule has 0 saturated carbocycles. The predicted octanol–water partition coefficient (Wildman–Crippen LogP) is 1.77. The zero-order valence-corrected chi connectivity index (χ0v) is 14.0. The van der Waals surface area contributed by atoms with Crippen LogP contribution in [-0.4, -0.2) is 47.1 Å². The Balaban J connectivity index is 1.61. The van der Waals surface area contributed by atoms with Gasteiger partial charge in [0.15, 0.2) is 0 Å². The summed E-state index contributed by atoms with van der Waals surface area (Å²) < 4.78 is 0. The number of carbonyl (C=O) groups is 1. The van der Waals surface area contributed by atoms with Crippen molar-refractivity contribution in [3.63, 3.8) is 0 Å². The predicted molar refractivity (Wildman–Crippen MR) is 93.8 cm³/mol. The molecular weight excluding hydrogens is 302 g/mol. The Kier molecular flexibility index (Phi) is 5.11. The van der Waals surface area contributed by atoms with E-state index in [0.29, 0.717) is 19.5 Å². The Labute approximate surface area is 142 Å². The van der Waals surface area contributed by atoms with Gasteiger partial charge >= 0.3 is 0 Å². The van der Waals surface area contributed by atoms with Crippen molar-refractivity contribution >= 4 is 11.6 Å². The highest BCUT2D eigenvalue weighted by Crippen LogP contribution is 2.21. The fraction of sp³-hybridized carbons (Fsp3) is 0.368. The largest absolute Gasteiger partial charge is 0.392 e. The standard InChI is InChI=1S/C19H23N3O2/c1-15-4-2-3-5-16(15)12-19(24)22-10-8-21(9-11-22)18-6-7-20-13-17(18)14-23/h2-7,13,23H,8-12,14H2,1H3. The molecule has 1 aromatic heterocycles. The lowest BCUT2D eigenvalue weighted by Crippen LogP contribution is -2.49. The average molecular weight is 325 g/mol. The number of piperazine rings is 1. The summed E-state index contributed by atoms with van der Waals surface area (Å²) in [5, 5.41) is 9.45. The maximum absolute atomic E-state index is 12.5. The molecule has 2 heterocycles. The van der Waals surface area contributed by atoms with Crippen LogP contribution in [0.5, 0.6) is 0 Å². The molecule has 0 unspecified atom stereocenters. The first-order valence-electron chi connectivity index (χ1n) is 8.30. The van der Waals surface area contributed by atoms with Crippen LogP contribution in [0.25, 0.3) is 0 Å². The van der Waals surface area contributed by atoms with Crippen LogP contribution >= 0.6 is 0 Å². The summed E-state index contributed by atoms with van der Waals surface area (Å²) in [5.41, 5.74) is 4.10. The van der Waals surface area contributed by atoms with Crippen molar-refractivity contribution in [2.75, 3.05) is 31.1 Å². The topological polar surface area (TPSA) is 56.7 Å². The molecule has 0 bridgehead atoms. The van der Waals surface area contributed by atoms with Crippen LogP contribution in [0.4, 0.5) is 5.69 Å². The van der Waals surface area contributed by atoms with Gasteiger partial charge in [-0.15, -0.1) is 0 Å². The Morgan fingerprint density at radius 1 is 1.12 bits per heavy atom. The van der Waals surface area contributed by atoms with E-state index >= 15 is 0 Å². The van der Waals surface area contributed by atoms with E-state index in [-0.39, 0.29) is 12.5 Å². The average Bonchev–Trinajstić information content (AvgIpc) is 2.63. The van der Waals surface area contributed by atoms with Crippen LogP contribution in [0, 0.1) is 6.92 Å². The molecule has 0 aliphatic carbocycles. The smallest absolute Gasteiger partial charge is 0.227 e. The van der Waals surface area contributed by atoms with Gasteiger partial charge in [-0.3, -0.25) is 9.78 Å². The lowest BCUT2D eigenvalue weighted by atomic mass is 10.1. The van der Waals surface area contributed by atoms with Gasteiger partial charge in [0.1, 0.15) is 0 Å². The van der Waals surface area contributed by atoms with Crippen LogP contribution in [0.1, 0.15) is 16.7 Å². The first-order chi connectivity index (χ1) is 11.7. The Bertz CT molecular complexity index is 709. The third-order valence-electron chi connectivity index (χ3n) is 4.62. The fourth-order valence-corrected chi connectivity index (χ4v) is 3.13. The zero-order chi connectivity index (χ0) is 16.9. The summed E-state index contributed by atoms with van der Waals surface area (Å²) in [4.78, 5) is 20.7. The molecule has 1 fully saturated rings.